The van der Waals surface area contributed by atoms with Gasteiger partial charge in [0.05, 0.1) is 19.1 Å². The number of methoxy groups -OCH3 is 1. The fraction of sp³-hybridized carbons (Fsp3) is 0.120. The van der Waals surface area contributed by atoms with E-state index in [0.717, 1.165) is 27.8 Å². The van der Waals surface area contributed by atoms with Crippen molar-refractivity contribution >= 4 is 22.5 Å². The second kappa shape index (κ2) is 7.76. The fourth-order valence-electron chi connectivity index (χ4n) is 3.52. The lowest BCUT2D eigenvalue weighted by molar-refractivity contribution is -0.116. The number of Topliss-reactive ketones (excluding diaryl/α,β-unsaturated/α-hetero) is 2. The topological polar surface area (TPSA) is 56.5 Å². The van der Waals surface area contributed by atoms with E-state index in [9.17, 15) is 9.59 Å². The minimum atomic E-state index is -0.266. The summed E-state index contributed by atoms with van der Waals surface area (Å²) in [7, 11) is 1.50. The lowest BCUT2D eigenvalue weighted by Gasteiger charge is -2.08. The van der Waals surface area contributed by atoms with Crippen molar-refractivity contribution in [1.29, 1.82) is 0 Å². The molecule has 4 heteroatoms. The van der Waals surface area contributed by atoms with E-state index in [2.05, 4.69) is 0 Å². The summed E-state index contributed by atoms with van der Waals surface area (Å²) in [5.74, 6) is 0.678. The van der Waals surface area contributed by atoms with E-state index in [4.69, 9.17) is 9.15 Å². The second-order valence-electron chi connectivity index (χ2n) is 6.89. The van der Waals surface area contributed by atoms with Crippen molar-refractivity contribution in [2.45, 2.75) is 13.3 Å². The molecule has 1 heterocycles. The van der Waals surface area contributed by atoms with E-state index < -0.39 is 0 Å². The molecule has 4 aromatic rings. The first-order valence-corrected chi connectivity index (χ1v) is 9.36. The van der Waals surface area contributed by atoms with Gasteiger partial charge in [-0.1, -0.05) is 60.7 Å². The number of furan rings is 1. The van der Waals surface area contributed by atoms with Gasteiger partial charge in [0.25, 0.3) is 0 Å². The monoisotopic (exact) mass is 384 g/mol. The van der Waals surface area contributed by atoms with Gasteiger partial charge in [0.15, 0.2) is 5.78 Å². The molecular formula is C25H20O4. The van der Waals surface area contributed by atoms with Gasteiger partial charge in [-0.2, -0.15) is 0 Å². The molecular weight excluding hydrogens is 364 g/mol. The van der Waals surface area contributed by atoms with Crippen LogP contribution in [-0.4, -0.2) is 18.7 Å². The van der Waals surface area contributed by atoms with E-state index in [1.165, 1.54) is 14.0 Å². The summed E-state index contributed by atoms with van der Waals surface area (Å²) in [5, 5.41) is 0.808. The van der Waals surface area contributed by atoms with Crippen LogP contribution in [0.15, 0.2) is 77.2 Å². The van der Waals surface area contributed by atoms with Crippen LogP contribution in [-0.2, 0) is 4.79 Å². The number of carbonyl (C=O) groups excluding carboxylic acids is 2. The smallest absolute Gasteiger partial charge is 0.173 e. The van der Waals surface area contributed by atoms with Crippen LogP contribution in [0.25, 0.3) is 33.4 Å². The Hall–Kier alpha value is -3.66. The summed E-state index contributed by atoms with van der Waals surface area (Å²) < 4.78 is 11.7. The van der Waals surface area contributed by atoms with Crippen molar-refractivity contribution in [3.8, 4) is 28.2 Å². The molecule has 29 heavy (non-hydrogen) atoms. The predicted octanol–water partition coefficient (Wildman–Crippen LogP) is 5.94. The minimum absolute atomic E-state index is 0.161. The average Bonchev–Trinajstić information content (AvgIpc) is 3.12. The van der Waals surface area contributed by atoms with Gasteiger partial charge in [-0.25, -0.2) is 0 Å². The number of benzene rings is 3. The number of hydrogen-bond donors (Lipinski definition) is 0. The largest absolute Gasteiger partial charge is 0.496 e. The third-order valence-electron chi connectivity index (χ3n) is 4.82. The van der Waals surface area contributed by atoms with E-state index in [0.29, 0.717) is 16.9 Å². The van der Waals surface area contributed by atoms with Crippen LogP contribution in [0.5, 0.6) is 5.75 Å². The van der Waals surface area contributed by atoms with E-state index >= 15 is 0 Å². The maximum atomic E-state index is 12.7. The molecule has 1 aromatic heterocycles. The predicted molar refractivity (Wildman–Crippen MR) is 113 cm³/mol. The van der Waals surface area contributed by atoms with Crippen molar-refractivity contribution in [2.75, 3.05) is 7.11 Å². The lowest BCUT2D eigenvalue weighted by Crippen LogP contribution is -2.06. The normalized spacial score (nSPS) is 10.8. The summed E-state index contributed by atoms with van der Waals surface area (Å²) >= 11 is 0. The zero-order valence-electron chi connectivity index (χ0n) is 16.3. The first-order chi connectivity index (χ1) is 14.1. The first kappa shape index (κ1) is 18.7. The Morgan fingerprint density at radius 1 is 0.897 bits per heavy atom. The van der Waals surface area contributed by atoms with Gasteiger partial charge < -0.3 is 9.15 Å². The molecule has 0 radical (unpaired) electrons. The maximum Gasteiger partial charge on any atom is 0.173 e. The Labute approximate surface area is 168 Å². The van der Waals surface area contributed by atoms with Crippen LogP contribution in [0.4, 0.5) is 0 Å². The average molecular weight is 384 g/mol. The van der Waals surface area contributed by atoms with Crippen LogP contribution < -0.4 is 4.74 Å². The molecule has 4 rings (SSSR count). The third-order valence-corrected chi connectivity index (χ3v) is 4.82. The maximum absolute atomic E-state index is 12.7. The zero-order valence-corrected chi connectivity index (χ0v) is 16.3. The molecule has 0 saturated heterocycles. The number of fused-ring (bicyclic) bond motifs is 1. The van der Waals surface area contributed by atoms with Gasteiger partial charge in [-0.15, -0.1) is 0 Å². The quantitative estimate of drug-likeness (QED) is 0.305. The molecule has 0 spiro atoms. The molecule has 0 saturated carbocycles. The van der Waals surface area contributed by atoms with E-state index in [1.807, 2.05) is 60.7 Å². The van der Waals surface area contributed by atoms with Gasteiger partial charge in [0.1, 0.15) is 22.9 Å². The highest BCUT2D eigenvalue weighted by molar-refractivity contribution is 6.12. The summed E-state index contributed by atoms with van der Waals surface area (Å²) in [6.45, 7) is 1.41. The van der Waals surface area contributed by atoms with Crippen molar-refractivity contribution in [3.63, 3.8) is 0 Å². The van der Waals surface area contributed by atoms with E-state index in [-0.39, 0.29) is 18.0 Å². The van der Waals surface area contributed by atoms with Gasteiger partial charge >= 0.3 is 0 Å². The van der Waals surface area contributed by atoms with Gasteiger partial charge in [0.2, 0.25) is 0 Å². The first-order valence-electron chi connectivity index (χ1n) is 9.36. The van der Waals surface area contributed by atoms with Gasteiger partial charge in [0, 0.05) is 22.6 Å². The summed E-state index contributed by atoms with van der Waals surface area (Å²) in [5.41, 5.74) is 3.84. The standard InChI is InChI=1S/C25H20O4/c1-16(26)13-21(27)19-14-20-23(15-22(19)28-2)29-25(18-11-7-4-8-12-18)24(20)17-9-5-3-6-10-17/h3-12,14-15H,13H2,1-2H3. The van der Waals surface area contributed by atoms with Crippen LogP contribution in [0.3, 0.4) is 0 Å². The highest BCUT2D eigenvalue weighted by Crippen LogP contribution is 2.43. The van der Waals surface area contributed by atoms with Crippen LogP contribution in [0, 0.1) is 0 Å². The van der Waals surface area contributed by atoms with Gasteiger partial charge in [-0.3, -0.25) is 9.59 Å². The lowest BCUT2D eigenvalue weighted by atomic mass is 9.96. The number of ketones is 2. The van der Waals surface area contributed by atoms with Crippen molar-refractivity contribution in [3.05, 3.63) is 78.4 Å². The Morgan fingerprint density at radius 3 is 2.10 bits per heavy atom. The molecule has 0 N–H and O–H groups in total. The summed E-state index contributed by atoms with van der Waals surface area (Å²) in [6.07, 6.45) is -0.161. The molecule has 0 aliphatic rings. The number of hydrogen-bond acceptors (Lipinski definition) is 4. The molecule has 0 unspecified atom stereocenters. The van der Waals surface area contributed by atoms with Crippen LogP contribution in [0.2, 0.25) is 0 Å². The van der Waals surface area contributed by atoms with Crippen molar-refractivity contribution < 1.29 is 18.7 Å². The Morgan fingerprint density at radius 2 is 1.52 bits per heavy atom. The number of carbonyl (C=O) groups is 2. The molecule has 0 atom stereocenters. The fourth-order valence-corrected chi connectivity index (χ4v) is 3.52. The number of rotatable bonds is 6. The molecule has 0 aliphatic heterocycles. The van der Waals surface area contributed by atoms with Crippen LogP contribution in [0.1, 0.15) is 23.7 Å². The molecule has 3 aromatic carbocycles. The molecule has 0 amide bonds. The molecule has 0 fully saturated rings. The second-order valence-corrected chi connectivity index (χ2v) is 6.89. The third kappa shape index (κ3) is 3.57. The number of ether oxygens (including phenoxy) is 1. The van der Waals surface area contributed by atoms with E-state index in [1.54, 1.807) is 12.1 Å². The Bertz CT molecular complexity index is 1190. The minimum Gasteiger partial charge on any atom is -0.496 e. The summed E-state index contributed by atoms with van der Waals surface area (Å²) in [4.78, 5) is 24.2. The SMILES string of the molecule is COc1cc2oc(-c3ccccc3)c(-c3ccccc3)c2cc1C(=O)CC(C)=O. The highest BCUT2D eigenvalue weighted by Gasteiger charge is 2.22. The molecule has 0 bridgehead atoms. The zero-order chi connectivity index (χ0) is 20.4. The highest BCUT2D eigenvalue weighted by atomic mass is 16.5. The van der Waals surface area contributed by atoms with Crippen molar-refractivity contribution in [1.82, 2.24) is 0 Å². The summed E-state index contributed by atoms with van der Waals surface area (Å²) in [6, 6.07) is 23.3. The molecule has 144 valence electrons. The Kier molecular flexibility index (Phi) is 5.00. The Balaban J connectivity index is 2.02. The molecule has 0 aliphatic carbocycles. The van der Waals surface area contributed by atoms with Crippen molar-refractivity contribution in [2.24, 2.45) is 0 Å². The molecule has 4 nitrogen and oxygen atoms in total. The van der Waals surface area contributed by atoms with Gasteiger partial charge in [-0.05, 0) is 18.6 Å². The van der Waals surface area contributed by atoms with Crippen LogP contribution >= 0.6 is 0 Å².